The summed E-state index contributed by atoms with van der Waals surface area (Å²) in [5.41, 5.74) is 6.56. The number of hydrogen-bond acceptors (Lipinski definition) is 2. The van der Waals surface area contributed by atoms with E-state index in [2.05, 4.69) is 6.58 Å². The fourth-order valence-electron chi connectivity index (χ4n) is 1.39. The lowest BCUT2D eigenvalue weighted by Crippen LogP contribution is -2.18. The molecule has 66 valence electrons. The topological polar surface area (TPSA) is 43.1 Å². The number of Topliss-reactive ketones (excluding diaryl/α,β-unsaturated/α-hetero) is 1. The minimum absolute atomic E-state index is 0.0386. The van der Waals surface area contributed by atoms with Gasteiger partial charge in [-0.3, -0.25) is 4.79 Å². The van der Waals surface area contributed by atoms with Gasteiger partial charge in [-0.1, -0.05) is 24.3 Å². The van der Waals surface area contributed by atoms with Gasteiger partial charge in [0.1, 0.15) is 5.78 Å². The average molecular weight is 165 g/mol. The summed E-state index contributed by atoms with van der Waals surface area (Å²) in [7, 11) is 0. The summed E-state index contributed by atoms with van der Waals surface area (Å²) in [6.07, 6.45) is 5.07. The van der Waals surface area contributed by atoms with Crippen LogP contribution in [0.4, 0.5) is 0 Å². The predicted molar refractivity (Wildman–Crippen MR) is 49.7 cm³/mol. The molecule has 1 rings (SSSR count). The summed E-state index contributed by atoms with van der Waals surface area (Å²) in [5, 5.41) is 0. The van der Waals surface area contributed by atoms with Gasteiger partial charge in [0.05, 0.1) is 0 Å². The Morgan fingerprint density at radius 2 is 2.33 bits per heavy atom. The summed E-state index contributed by atoms with van der Waals surface area (Å²) in [5.74, 6) is 0.281. The van der Waals surface area contributed by atoms with Gasteiger partial charge in [-0.25, -0.2) is 0 Å². The van der Waals surface area contributed by atoms with Crippen molar-refractivity contribution in [1.29, 1.82) is 0 Å². The van der Waals surface area contributed by atoms with Gasteiger partial charge in [-0.05, 0) is 13.3 Å². The molecule has 0 aromatic heterocycles. The van der Waals surface area contributed by atoms with Crippen LogP contribution < -0.4 is 5.73 Å². The standard InChI is InChI=1S/C10H15NO/c1-7(2)5-10(12)8-3-4-9(11)6-8/h3-4,8-9H,1,5-6,11H2,2H3. The molecular weight excluding hydrogens is 150 g/mol. The lowest BCUT2D eigenvalue weighted by atomic mass is 9.98. The highest BCUT2D eigenvalue weighted by atomic mass is 16.1. The van der Waals surface area contributed by atoms with Gasteiger partial charge in [0.2, 0.25) is 0 Å². The third kappa shape index (κ3) is 2.31. The average Bonchev–Trinajstić information content (AvgIpc) is 2.34. The Morgan fingerprint density at radius 3 is 2.75 bits per heavy atom. The van der Waals surface area contributed by atoms with Gasteiger partial charge in [-0.2, -0.15) is 0 Å². The first-order valence-electron chi connectivity index (χ1n) is 4.20. The number of ketones is 1. The summed E-state index contributed by atoms with van der Waals surface area (Å²) in [6, 6.07) is 0.0732. The quantitative estimate of drug-likeness (QED) is 0.643. The van der Waals surface area contributed by atoms with Crippen LogP contribution in [0.2, 0.25) is 0 Å². The number of carbonyl (C=O) groups excluding carboxylic acids is 1. The Bertz CT molecular complexity index is 230. The molecule has 0 amide bonds. The lowest BCUT2D eigenvalue weighted by Gasteiger charge is -2.07. The Balaban J connectivity index is 2.44. The second-order valence-electron chi connectivity index (χ2n) is 3.49. The Kier molecular flexibility index (Phi) is 2.82. The molecular formula is C10H15NO. The maximum atomic E-state index is 11.4. The van der Waals surface area contributed by atoms with Crippen LogP contribution >= 0.6 is 0 Å². The first kappa shape index (κ1) is 9.20. The van der Waals surface area contributed by atoms with Crippen molar-refractivity contribution in [2.75, 3.05) is 0 Å². The number of hydrogen-bond donors (Lipinski definition) is 1. The minimum atomic E-state index is 0.0386. The maximum Gasteiger partial charge on any atom is 0.143 e. The zero-order chi connectivity index (χ0) is 9.14. The molecule has 0 aliphatic heterocycles. The molecule has 1 aliphatic rings. The van der Waals surface area contributed by atoms with Crippen LogP contribution in [0, 0.1) is 5.92 Å². The Labute approximate surface area is 73.1 Å². The normalized spacial score (nSPS) is 27.5. The van der Waals surface area contributed by atoms with Gasteiger partial charge >= 0.3 is 0 Å². The summed E-state index contributed by atoms with van der Waals surface area (Å²) < 4.78 is 0. The van der Waals surface area contributed by atoms with E-state index < -0.39 is 0 Å². The van der Waals surface area contributed by atoms with Crippen molar-refractivity contribution in [2.45, 2.75) is 25.8 Å². The SMILES string of the molecule is C=C(C)CC(=O)C1C=CC(N)C1. The fraction of sp³-hybridized carbons (Fsp3) is 0.500. The molecule has 12 heavy (non-hydrogen) atoms. The first-order chi connectivity index (χ1) is 5.59. The van der Waals surface area contributed by atoms with E-state index in [0.29, 0.717) is 6.42 Å². The Morgan fingerprint density at radius 1 is 1.67 bits per heavy atom. The van der Waals surface area contributed by atoms with Crippen molar-refractivity contribution >= 4 is 5.78 Å². The fourth-order valence-corrected chi connectivity index (χ4v) is 1.39. The van der Waals surface area contributed by atoms with E-state index in [9.17, 15) is 4.79 Å². The van der Waals surface area contributed by atoms with Gasteiger partial charge in [0, 0.05) is 18.4 Å². The third-order valence-corrected chi connectivity index (χ3v) is 2.01. The zero-order valence-electron chi connectivity index (χ0n) is 7.42. The van der Waals surface area contributed by atoms with Gasteiger partial charge < -0.3 is 5.73 Å². The summed E-state index contributed by atoms with van der Waals surface area (Å²) in [4.78, 5) is 11.4. The summed E-state index contributed by atoms with van der Waals surface area (Å²) >= 11 is 0. The van der Waals surface area contributed by atoms with Crippen LogP contribution in [0.1, 0.15) is 19.8 Å². The van der Waals surface area contributed by atoms with E-state index in [1.54, 1.807) is 0 Å². The molecule has 0 saturated heterocycles. The van der Waals surface area contributed by atoms with Crippen LogP contribution in [0.25, 0.3) is 0 Å². The number of nitrogens with two attached hydrogens (primary N) is 1. The Hall–Kier alpha value is -0.890. The lowest BCUT2D eigenvalue weighted by molar-refractivity contribution is -0.120. The molecule has 2 N–H and O–H groups in total. The van der Waals surface area contributed by atoms with Crippen molar-refractivity contribution in [1.82, 2.24) is 0 Å². The monoisotopic (exact) mass is 165 g/mol. The zero-order valence-corrected chi connectivity index (χ0v) is 7.42. The highest BCUT2D eigenvalue weighted by Gasteiger charge is 2.21. The minimum Gasteiger partial charge on any atom is -0.324 e. The molecule has 0 spiro atoms. The van der Waals surface area contributed by atoms with E-state index in [4.69, 9.17) is 5.73 Å². The molecule has 0 heterocycles. The van der Waals surface area contributed by atoms with Crippen molar-refractivity contribution in [3.8, 4) is 0 Å². The smallest absolute Gasteiger partial charge is 0.143 e. The number of rotatable bonds is 3. The third-order valence-electron chi connectivity index (χ3n) is 2.01. The maximum absolute atomic E-state index is 11.4. The molecule has 2 unspecified atom stereocenters. The molecule has 0 aromatic carbocycles. The predicted octanol–water partition coefficient (Wildman–Crippen LogP) is 1.43. The van der Waals surface area contributed by atoms with Gasteiger partial charge in [0.25, 0.3) is 0 Å². The molecule has 2 nitrogen and oxygen atoms in total. The van der Waals surface area contributed by atoms with Crippen molar-refractivity contribution < 1.29 is 4.79 Å². The first-order valence-corrected chi connectivity index (χ1v) is 4.20. The second kappa shape index (κ2) is 3.68. The molecule has 0 fully saturated rings. The van der Waals surface area contributed by atoms with Crippen LogP contribution in [0.3, 0.4) is 0 Å². The van der Waals surface area contributed by atoms with Crippen molar-refractivity contribution in [3.63, 3.8) is 0 Å². The van der Waals surface area contributed by atoms with Crippen LogP contribution in [0.5, 0.6) is 0 Å². The number of carbonyl (C=O) groups is 1. The molecule has 2 atom stereocenters. The van der Waals surface area contributed by atoms with E-state index in [0.717, 1.165) is 12.0 Å². The molecule has 0 radical (unpaired) electrons. The molecule has 0 aromatic rings. The van der Waals surface area contributed by atoms with Gasteiger partial charge in [0.15, 0.2) is 0 Å². The molecule has 1 aliphatic carbocycles. The second-order valence-corrected chi connectivity index (χ2v) is 3.49. The summed E-state index contributed by atoms with van der Waals surface area (Å²) in [6.45, 7) is 5.58. The van der Waals surface area contributed by atoms with E-state index >= 15 is 0 Å². The van der Waals surface area contributed by atoms with E-state index in [1.807, 2.05) is 19.1 Å². The number of allylic oxidation sites excluding steroid dienone is 2. The van der Waals surface area contributed by atoms with Crippen LogP contribution in [-0.4, -0.2) is 11.8 Å². The van der Waals surface area contributed by atoms with Crippen molar-refractivity contribution in [2.24, 2.45) is 11.7 Å². The molecule has 0 bridgehead atoms. The van der Waals surface area contributed by atoms with Gasteiger partial charge in [-0.15, -0.1) is 0 Å². The van der Waals surface area contributed by atoms with E-state index in [1.165, 1.54) is 0 Å². The molecule has 0 saturated carbocycles. The van der Waals surface area contributed by atoms with Crippen LogP contribution in [-0.2, 0) is 4.79 Å². The molecule has 2 heteroatoms. The highest BCUT2D eigenvalue weighted by molar-refractivity contribution is 5.85. The van der Waals surface area contributed by atoms with Crippen molar-refractivity contribution in [3.05, 3.63) is 24.3 Å². The highest BCUT2D eigenvalue weighted by Crippen LogP contribution is 2.19. The van der Waals surface area contributed by atoms with Crippen LogP contribution in [0.15, 0.2) is 24.3 Å². The largest absolute Gasteiger partial charge is 0.324 e. The van der Waals surface area contributed by atoms with E-state index in [-0.39, 0.29) is 17.7 Å².